The summed E-state index contributed by atoms with van der Waals surface area (Å²) in [6.07, 6.45) is 3.50. The van der Waals surface area contributed by atoms with Crippen LogP contribution in [0.15, 0.2) is 35.1 Å². The summed E-state index contributed by atoms with van der Waals surface area (Å²) >= 11 is 0. The lowest BCUT2D eigenvalue weighted by Gasteiger charge is -2.34. The van der Waals surface area contributed by atoms with Gasteiger partial charge in [-0.2, -0.15) is 5.10 Å². The normalized spacial score (nSPS) is 19.6. The van der Waals surface area contributed by atoms with Gasteiger partial charge >= 0.3 is 0 Å². The minimum atomic E-state index is 0.147. The Balaban J connectivity index is 1.54. The molecule has 1 aliphatic heterocycles. The molecule has 112 valence electrons. The zero-order chi connectivity index (χ0) is 14.5. The van der Waals surface area contributed by atoms with E-state index in [0.717, 1.165) is 44.4 Å². The van der Waals surface area contributed by atoms with Crippen LogP contribution in [0.4, 0.5) is 5.82 Å². The van der Waals surface area contributed by atoms with Crippen molar-refractivity contribution in [3.63, 3.8) is 0 Å². The third kappa shape index (κ3) is 3.77. The molecule has 0 N–H and O–H groups in total. The van der Waals surface area contributed by atoms with Crippen molar-refractivity contribution in [2.75, 3.05) is 38.2 Å². The van der Waals surface area contributed by atoms with Gasteiger partial charge in [-0.25, -0.2) is 0 Å². The quantitative estimate of drug-likeness (QED) is 0.806. The number of likely N-dealkylation sites (N-methyl/N-ethyl adjacent to an activating group) is 1. The Hall–Kier alpha value is -1.99. The first-order valence-corrected chi connectivity index (χ1v) is 7.03. The van der Waals surface area contributed by atoms with Crippen LogP contribution in [-0.2, 0) is 11.3 Å². The molecule has 3 heterocycles. The highest BCUT2D eigenvalue weighted by Gasteiger charge is 2.23. The Morgan fingerprint density at radius 2 is 2.33 bits per heavy atom. The second-order valence-corrected chi connectivity index (χ2v) is 5.17. The summed E-state index contributed by atoms with van der Waals surface area (Å²) in [5, 5.41) is 11.7. The molecule has 2 aromatic heterocycles. The molecule has 1 saturated heterocycles. The van der Waals surface area contributed by atoms with Crippen molar-refractivity contribution in [2.45, 2.75) is 12.6 Å². The third-order valence-electron chi connectivity index (χ3n) is 3.52. The van der Waals surface area contributed by atoms with Crippen LogP contribution in [0.2, 0.25) is 0 Å². The lowest BCUT2D eigenvalue weighted by molar-refractivity contribution is -0.0287. The minimum Gasteiger partial charge on any atom is -0.374 e. The van der Waals surface area contributed by atoms with Gasteiger partial charge in [-0.05, 0) is 12.1 Å². The number of hydrogen-bond acceptors (Lipinski definition) is 7. The van der Waals surface area contributed by atoms with Crippen molar-refractivity contribution in [3.05, 3.63) is 36.4 Å². The first kappa shape index (κ1) is 14.0. The summed E-state index contributed by atoms with van der Waals surface area (Å²) in [5.41, 5.74) is 0. The van der Waals surface area contributed by atoms with Crippen molar-refractivity contribution in [1.82, 2.24) is 20.3 Å². The molecule has 0 radical (unpaired) electrons. The highest BCUT2D eigenvalue weighted by Crippen LogP contribution is 2.13. The van der Waals surface area contributed by atoms with Crippen LogP contribution in [0.25, 0.3) is 0 Å². The van der Waals surface area contributed by atoms with Gasteiger partial charge in [0.2, 0.25) is 0 Å². The number of rotatable bonds is 5. The summed E-state index contributed by atoms with van der Waals surface area (Å²) in [6.45, 7) is 4.06. The molecule has 1 atom stereocenters. The summed E-state index contributed by atoms with van der Waals surface area (Å²) in [5.74, 6) is 1.74. The summed E-state index contributed by atoms with van der Waals surface area (Å²) in [7, 11) is 2.00. The molecular weight excluding hydrogens is 270 g/mol. The van der Waals surface area contributed by atoms with Crippen molar-refractivity contribution in [1.29, 1.82) is 0 Å². The van der Waals surface area contributed by atoms with Crippen LogP contribution < -0.4 is 4.90 Å². The molecule has 1 fully saturated rings. The number of hydrogen-bond donors (Lipinski definition) is 0. The van der Waals surface area contributed by atoms with E-state index in [1.807, 2.05) is 25.2 Å². The van der Waals surface area contributed by atoms with E-state index < -0.39 is 0 Å². The Kier molecular flexibility index (Phi) is 4.42. The maximum Gasteiger partial charge on any atom is 0.151 e. The smallest absolute Gasteiger partial charge is 0.151 e. The average Bonchev–Trinajstić information content (AvgIpc) is 3.01. The fraction of sp³-hybridized carbons (Fsp3) is 0.500. The SMILES string of the molecule is CN(CC1CN(Cc2ccno2)CCO1)c1cccnn1. The summed E-state index contributed by atoms with van der Waals surface area (Å²) in [4.78, 5) is 4.38. The number of aromatic nitrogens is 3. The van der Waals surface area contributed by atoms with Crippen molar-refractivity contribution < 1.29 is 9.26 Å². The fourth-order valence-electron chi connectivity index (χ4n) is 2.47. The standard InChI is InChI=1S/C14H19N5O2/c1-18(14-3-2-5-15-17-14)9-13-11-19(7-8-20-13)10-12-4-6-16-21-12/h2-6,13H,7-11H2,1H3. The molecule has 2 aromatic rings. The van der Waals surface area contributed by atoms with E-state index in [0.29, 0.717) is 0 Å². The van der Waals surface area contributed by atoms with Crippen LogP contribution in [-0.4, -0.2) is 59.6 Å². The number of ether oxygens (including phenoxy) is 1. The third-order valence-corrected chi connectivity index (χ3v) is 3.52. The predicted octanol–water partition coefficient (Wildman–Crippen LogP) is 0.802. The van der Waals surface area contributed by atoms with Crippen molar-refractivity contribution in [2.24, 2.45) is 0 Å². The van der Waals surface area contributed by atoms with E-state index in [1.54, 1.807) is 12.4 Å². The van der Waals surface area contributed by atoms with Crippen LogP contribution in [0.5, 0.6) is 0 Å². The molecule has 21 heavy (non-hydrogen) atoms. The van der Waals surface area contributed by atoms with E-state index >= 15 is 0 Å². The second-order valence-electron chi connectivity index (χ2n) is 5.17. The maximum atomic E-state index is 5.84. The van der Waals surface area contributed by atoms with Gasteiger partial charge in [0.25, 0.3) is 0 Å². The molecule has 7 nitrogen and oxygen atoms in total. The van der Waals surface area contributed by atoms with Crippen LogP contribution in [0, 0.1) is 0 Å². The Morgan fingerprint density at radius 1 is 1.38 bits per heavy atom. The molecule has 0 aromatic carbocycles. The van der Waals surface area contributed by atoms with Crippen molar-refractivity contribution in [3.8, 4) is 0 Å². The Labute approximate surface area is 123 Å². The molecule has 1 aliphatic rings. The summed E-state index contributed by atoms with van der Waals surface area (Å²) in [6, 6.07) is 5.73. The summed E-state index contributed by atoms with van der Waals surface area (Å²) < 4.78 is 11.0. The molecule has 7 heteroatoms. The van der Waals surface area contributed by atoms with Crippen molar-refractivity contribution >= 4 is 5.82 Å². The van der Waals surface area contributed by atoms with Gasteiger partial charge in [0.1, 0.15) is 0 Å². The lowest BCUT2D eigenvalue weighted by Crippen LogP contribution is -2.46. The zero-order valence-electron chi connectivity index (χ0n) is 12.1. The van der Waals surface area contributed by atoms with Crippen LogP contribution >= 0.6 is 0 Å². The second kappa shape index (κ2) is 6.64. The highest BCUT2D eigenvalue weighted by molar-refractivity contribution is 5.35. The molecule has 1 unspecified atom stereocenters. The van der Waals surface area contributed by atoms with E-state index in [-0.39, 0.29) is 6.10 Å². The van der Waals surface area contributed by atoms with Crippen LogP contribution in [0.3, 0.4) is 0 Å². The molecule has 0 bridgehead atoms. The number of morpholine rings is 1. The fourth-order valence-corrected chi connectivity index (χ4v) is 2.47. The van der Waals surface area contributed by atoms with Gasteiger partial charge in [-0.1, -0.05) is 5.16 Å². The first-order chi connectivity index (χ1) is 10.3. The van der Waals surface area contributed by atoms with E-state index in [1.165, 1.54) is 0 Å². The Morgan fingerprint density at radius 3 is 3.10 bits per heavy atom. The highest BCUT2D eigenvalue weighted by atomic mass is 16.5. The van der Waals surface area contributed by atoms with Gasteiger partial charge in [0.05, 0.1) is 25.5 Å². The molecule has 0 saturated carbocycles. The van der Waals surface area contributed by atoms with Gasteiger partial charge in [0.15, 0.2) is 11.6 Å². The minimum absolute atomic E-state index is 0.147. The Bertz CT molecular complexity index is 534. The lowest BCUT2D eigenvalue weighted by atomic mass is 10.2. The van der Waals surface area contributed by atoms with Gasteiger partial charge < -0.3 is 14.2 Å². The van der Waals surface area contributed by atoms with Gasteiger partial charge in [-0.15, -0.1) is 5.10 Å². The van der Waals surface area contributed by atoms with E-state index in [2.05, 4.69) is 25.2 Å². The first-order valence-electron chi connectivity index (χ1n) is 7.03. The molecular formula is C14H19N5O2. The van der Waals surface area contributed by atoms with Gasteiger partial charge in [0, 0.05) is 38.9 Å². The van der Waals surface area contributed by atoms with E-state index in [9.17, 15) is 0 Å². The molecule has 0 amide bonds. The van der Waals surface area contributed by atoms with E-state index in [4.69, 9.17) is 9.26 Å². The molecule has 3 rings (SSSR count). The van der Waals surface area contributed by atoms with Crippen LogP contribution in [0.1, 0.15) is 5.76 Å². The monoisotopic (exact) mass is 289 g/mol. The molecule has 0 aliphatic carbocycles. The predicted molar refractivity (Wildman–Crippen MR) is 76.8 cm³/mol. The number of anilines is 1. The largest absolute Gasteiger partial charge is 0.374 e. The number of nitrogens with zero attached hydrogens (tertiary/aromatic N) is 5. The van der Waals surface area contributed by atoms with Gasteiger partial charge in [-0.3, -0.25) is 4.90 Å². The average molecular weight is 289 g/mol. The zero-order valence-corrected chi connectivity index (χ0v) is 12.1. The topological polar surface area (TPSA) is 67.5 Å². The maximum absolute atomic E-state index is 5.84. The molecule has 0 spiro atoms.